The van der Waals surface area contributed by atoms with Crippen LogP contribution in [0.4, 0.5) is 4.39 Å². The average Bonchev–Trinajstić information content (AvgIpc) is 3.28. The van der Waals surface area contributed by atoms with E-state index in [0.29, 0.717) is 13.0 Å². The van der Waals surface area contributed by atoms with Gasteiger partial charge in [-0.15, -0.1) is 0 Å². The summed E-state index contributed by atoms with van der Waals surface area (Å²) in [6.45, 7) is 0.484. The topological polar surface area (TPSA) is 70.7 Å². The van der Waals surface area contributed by atoms with Gasteiger partial charge in [-0.3, -0.25) is 4.79 Å². The van der Waals surface area contributed by atoms with Crippen molar-refractivity contribution in [2.75, 3.05) is 6.54 Å². The monoisotopic (exact) mass is 345 g/mol. The molecule has 1 saturated carbocycles. The van der Waals surface area contributed by atoms with Gasteiger partial charge in [0.25, 0.3) is 5.91 Å². The second kappa shape index (κ2) is 7.51. The maximum absolute atomic E-state index is 13.0. The number of carboxylic acids is 1. The Morgan fingerprint density at radius 1 is 1.20 bits per heavy atom. The van der Waals surface area contributed by atoms with Crippen molar-refractivity contribution in [1.82, 2.24) is 4.90 Å². The molecule has 1 heterocycles. The molecule has 0 radical (unpaired) electrons. The van der Waals surface area contributed by atoms with Gasteiger partial charge in [-0.1, -0.05) is 25.0 Å². The lowest BCUT2D eigenvalue weighted by Crippen LogP contribution is -2.40. The fourth-order valence-corrected chi connectivity index (χ4v) is 3.27. The molecule has 1 aromatic carbocycles. The van der Waals surface area contributed by atoms with E-state index in [1.54, 1.807) is 17.0 Å². The van der Waals surface area contributed by atoms with Crippen molar-refractivity contribution in [2.45, 2.75) is 38.1 Å². The first-order valence-electron chi connectivity index (χ1n) is 8.42. The van der Waals surface area contributed by atoms with E-state index in [0.717, 1.165) is 37.5 Å². The summed E-state index contributed by atoms with van der Waals surface area (Å²) >= 11 is 0. The molecule has 0 aliphatic heterocycles. The summed E-state index contributed by atoms with van der Waals surface area (Å²) in [5.41, 5.74) is 0.913. The van der Waals surface area contributed by atoms with Crippen LogP contribution in [0.2, 0.25) is 0 Å². The molecule has 1 aliphatic rings. The number of hydrogen-bond donors (Lipinski definition) is 1. The minimum absolute atomic E-state index is 0.0340. The van der Waals surface area contributed by atoms with Crippen LogP contribution in [0.5, 0.6) is 0 Å². The molecule has 132 valence electrons. The number of rotatable bonds is 6. The number of nitrogens with zero attached hydrogens (tertiary/aromatic N) is 1. The third kappa shape index (κ3) is 4.07. The number of aromatic carboxylic acids is 1. The molecule has 0 atom stereocenters. The molecule has 1 aromatic heterocycles. The number of carbonyl (C=O) groups excluding carboxylic acids is 1. The summed E-state index contributed by atoms with van der Waals surface area (Å²) in [6, 6.07) is 7.63. The number of hydrogen-bond acceptors (Lipinski definition) is 3. The van der Waals surface area contributed by atoms with Crippen LogP contribution < -0.4 is 0 Å². The molecule has 0 saturated heterocycles. The van der Waals surface area contributed by atoms with E-state index in [1.807, 2.05) is 0 Å². The largest absolute Gasteiger partial charge is 0.478 e. The molecule has 1 fully saturated rings. The van der Waals surface area contributed by atoms with Crippen molar-refractivity contribution in [3.8, 4) is 0 Å². The molecule has 1 amide bonds. The molecule has 1 N–H and O–H groups in total. The summed E-state index contributed by atoms with van der Waals surface area (Å²) in [5, 5.41) is 8.99. The van der Waals surface area contributed by atoms with Gasteiger partial charge in [0, 0.05) is 18.7 Å². The van der Waals surface area contributed by atoms with Crippen LogP contribution in [0.15, 0.2) is 41.0 Å². The standard InChI is InChI=1S/C19H20FNO4/c20-15-7-5-13(6-8-15)9-10-21(16-3-1-2-4-16)18(22)17-11-14(12-25-17)19(23)24/h5-8,11-12,16H,1-4,9-10H2,(H,23,24). The number of amides is 1. The lowest BCUT2D eigenvalue weighted by Gasteiger charge is -2.28. The molecule has 0 unspecified atom stereocenters. The molecule has 0 spiro atoms. The van der Waals surface area contributed by atoms with Gasteiger partial charge < -0.3 is 14.4 Å². The first kappa shape index (κ1) is 17.2. The second-order valence-corrected chi connectivity index (χ2v) is 6.32. The van der Waals surface area contributed by atoms with Gasteiger partial charge in [0.2, 0.25) is 0 Å². The second-order valence-electron chi connectivity index (χ2n) is 6.32. The number of benzene rings is 1. The third-order valence-electron chi connectivity index (χ3n) is 4.64. The predicted molar refractivity (Wildman–Crippen MR) is 89.1 cm³/mol. The maximum Gasteiger partial charge on any atom is 0.338 e. The quantitative estimate of drug-likeness (QED) is 0.866. The molecule has 5 nitrogen and oxygen atoms in total. The van der Waals surface area contributed by atoms with Gasteiger partial charge >= 0.3 is 5.97 Å². The smallest absolute Gasteiger partial charge is 0.338 e. The molecule has 2 aromatic rings. The van der Waals surface area contributed by atoms with E-state index in [-0.39, 0.29) is 29.1 Å². The molecular weight excluding hydrogens is 325 g/mol. The fraction of sp³-hybridized carbons (Fsp3) is 0.368. The Labute approximate surface area is 145 Å². The van der Waals surface area contributed by atoms with E-state index in [1.165, 1.54) is 18.2 Å². The molecule has 0 bridgehead atoms. The summed E-state index contributed by atoms with van der Waals surface area (Å²) in [6.07, 6.45) is 5.70. The highest BCUT2D eigenvalue weighted by molar-refractivity contribution is 5.95. The van der Waals surface area contributed by atoms with Crippen LogP contribution in [-0.2, 0) is 6.42 Å². The zero-order valence-corrected chi connectivity index (χ0v) is 13.8. The van der Waals surface area contributed by atoms with Crippen molar-refractivity contribution in [1.29, 1.82) is 0 Å². The zero-order valence-electron chi connectivity index (χ0n) is 13.8. The lowest BCUT2D eigenvalue weighted by molar-refractivity contribution is 0.0649. The van der Waals surface area contributed by atoms with Crippen molar-refractivity contribution in [3.63, 3.8) is 0 Å². The SMILES string of the molecule is O=C(O)c1coc(C(=O)N(CCc2ccc(F)cc2)C2CCCC2)c1. The summed E-state index contributed by atoms with van der Waals surface area (Å²) in [5.74, 6) is -1.66. The Hall–Kier alpha value is -2.63. The van der Waals surface area contributed by atoms with Crippen LogP contribution in [-0.4, -0.2) is 34.5 Å². The highest BCUT2D eigenvalue weighted by Gasteiger charge is 2.29. The van der Waals surface area contributed by atoms with E-state index in [2.05, 4.69) is 0 Å². The van der Waals surface area contributed by atoms with Crippen molar-refractivity contribution >= 4 is 11.9 Å². The Balaban J connectivity index is 1.75. The Morgan fingerprint density at radius 3 is 2.48 bits per heavy atom. The van der Waals surface area contributed by atoms with E-state index in [9.17, 15) is 14.0 Å². The van der Waals surface area contributed by atoms with E-state index >= 15 is 0 Å². The molecular formula is C19H20FNO4. The van der Waals surface area contributed by atoms with Gasteiger partial charge in [0.15, 0.2) is 5.76 Å². The van der Waals surface area contributed by atoms with Crippen LogP contribution >= 0.6 is 0 Å². The van der Waals surface area contributed by atoms with Gasteiger partial charge in [0.05, 0.1) is 5.56 Å². The number of halogens is 1. The Bertz CT molecular complexity index is 747. The Kier molecular flexibility index (Phi) is 5.16. The minimum Gasteiger partial charge on any atom is -0.478 e. The van der Waals surface area contributed by atoms with Crippen LogP contribution in [0.3, 0.4) is 0 Å². The van der Waals surface area contributed by atoms with Gasteiger partial charge in [-0.25, -0.2) is 9.18 Å². The number of carbonyl (C=O) groups is 2. The van der Waals surface area contributed by atoms with Crippen LogP contribution in [0, 0.1) is 5.82 Å². The minimum atomic E-state index is -1.12. The maximum atomic E-state index is 13.0. The highest BCUT2D eigenvalue weighted by Crippen LogP contribution is 2.26. The summed E-state index contributed by atoms with van der Waals surface area (Å²) < 4.78 is 18.2. The van der Waals surface area contributed by atoms with Crippen molar-refractivity contribution < 1.29 is 23.5 Å². The molecule has 3 rings (SSSR count). The normalized spacial score (nSPS) is 14.6. The fourth-order valence-electron chi connectivity index (χ4n) is 3.27. The average molecular weight is 345 g/mol. The molecule has 1 aliphatic carbocycles. The third-order valence-corrected chi connectivity index (χ3v) is 4.64. The number of carboxylic acid groups (broad SMARTS) is 1. The highest BCUT2D eigenvalue weighted by atomic mass is 19.1. The lowest BCUT2D eigenvalue weighted by atomic mass is 10.1. The first-order chi connectivity index (χ1) is 12.0. The zero-order chi connectivity index (χ0) is 17.8. The number of furan rings is 1. The van der Waals surface area contributed by atoms with Gasteiger partial charge in [0.1, 0.15) is 12.1 Å². The predicted octanol–water partition coefficient (Wildman–Crippen LogP) is 3.74. The van der Waals surface area contributed by atoms with Gasteiger partial charge in [-0.2, -0.15) is 0 Å². The summed E-state index contributed by atoms with van der Waals surface area (Å²) in [7, 11) is 0. The van der Waals surface area contributed by atoms with Crippen LogP contribution in [0.25, 0.3) is 0 Å². The molecule has 6 heteroatoms. The first-order valence-corrected chi connectivity index (χ1v) is 8.42. The van der Waals surface area contributed by atoms with Gasteiger partial charge in [-0.05, 0) is 37.0 Å². The summed E-state index contributed by atoms with van der Waals surface area (Å²) in [4.78, 5) is 25.6. The van der Waals surface area contributed by atoms with Crippen molar-refractivity contribution in [2.24, 2.45) is 0 Å². The van der Waals surface area contributed by atoms with Crippen LogP contribution in [0.1, 0.15) is 52.2 Å². The Morgan fingerprint density at radius 2 is 1.88 bits per heavy atom. The van der Waals surface area contributed by atoms with E-state index in [4.69, 9.17) is 9.52 Å². The molecule has 25 heavy (non-hydrogen) atoms. The van der Waals surface area contributed by atoms with E-state index < -0.39 is 5.97 Å². The van der Waals surface area contributed by atoms with Crippen molar-refractivity contribution in [3.05, 3.63) is 59.3 Å².